The molecule has 3 aromatic rings. The Balaban J connectivity index is 2.22. The Labute approximate surface area is 111 Å². The number of aryl methyl sites for hydroxylation is 1. The average molecular weight is 306 g/mol. The minimum atomic E-state index is -0.370. The Morgan fingerprint density at radius 3 is 2.83 bits per heavy atom. The predicted molar refractivity (Wildman–Crippen MR) is 71.7 cm³/mol. The lowest BCUT2D eigenvalue weighted by molar-refractivity contribution is 0.622. The maximum Gasteiger partial charge on any atom is 0.142 e. The first kappa shape index (κ1) is 11.3. The van der Waals surface area contributed by atoms with Crippen LogP contribution in [0.2, 0.25) is 0 Å². The Kier molecular flexibility index (Phi) is 2.63. The van der Waals surface area contributed by atoms with Gasteiger partial charge >= 0.3 is 0 Å². The first-order valence-corrected chi connectivity index (χ1v) is 6.19. The van der Waals surface area contributed by atoms with Crippen molar-refractivity contribution in [3.8, 4) is 11.4 Å². The molecule has 0 aliphatic carbocycles. The fraction of sp³-hybridized carbons (Fsp3) is 0.0769. The van der Waals surface area contributed by atoms with Crippen molar-refractivity contribution in [1.82, 2.24) is 15.0 Å². The van der Waals surface area contributed by atoms with Crippen molar-refractivity contribution in [3.63, 3.8) is 0 Å². The molecule has 2 heterocycles. The maximum absolute atomic E-state index is 13.1. The van der Waals surface area contributed by atoms with Crippen LogP contribution in [-0.4, -0.2) is 15.0 Å². The van der Waals surface area contributed by atoms with E-state index in [4.69, 9.17) is 0 Å². The Morgan fingerprint density at radius 2 is 2.06 bits per heavy atom. The number of fused-ring (bicyclic) bond motifs is 1. The molecule has 18 heavy (non-hydrogen) atoms. The van der Waals surface area contributed by atoms with Gasteiger partial charge in [-0.15, -0.1) is 0 Å². The molecule has 0 aliphatic rings. The molecule has 90 valence electrons. The third-order valence-electron chi connectivity index (χ3n) is 2.72. The monoisotopic (exact) mass is 305 g/mol. The lowest BCUT2D eigenvalue weighted by Gasteiger charge is -1.94. The molecule has 0 spiro atoms. The van der Waals surface area contributed by atoms with Crippen LogP contribution >= 0.6 is 15.9 Å². The summed E-state index contributed by atoms with van der Waals surface area (Å²) < 4.78 is 14.1. The third kappa shape index (κ3) is 1.90. The number of aromatic nitrogens is 3. The van der Waals surface area contributed by atoms with Gasteiger partial charge in [0, 0.05) is 16.2 Å². The Hall–Kier alpha value is -1.75. The first-order valence-electron chi connectivity index (χ1n) is 5.40. The standard InChI is InChI=1S/C13H9BrFN3/c1-7-2-9(14)4-11-12(7)18-13(17-11)8-3-10(15)6-16-5-8/h2-6H,1H3,(H,17,18). The summed E-state index contributed by atoms with van der Waals surface area (Å²) >= 11 is 3.44. The number of nitrogens with zero attached hydrogens (tertiary/aromatic N) is 2. The van der Waals surface area contributed by atoms with Gasteiger partial charge in [-0.2, -0.15) is 0 Å². The van der Waals surface area contributed by atoms with Crippen LogP contribution in [0.15, 0.2) is 35.1 Å². The fourth-order valence-corrected chi connectivity index (χ4v) is 2.50. The largest absolute Gasteiger partial charge is 0.338 e. The third-order valence-corrected chi connectivity index (χ3v) is 3.18. The molecular formula is C13H9BrFN3. The van der Waals surface area contributed by atoms with Crippen molar-refractivity contribution < 1.29 is 4.39 Å². The Bertz CT molecular complexity index is 736. The normalized spacial score (nSPS) is 11.1. The summed E-state index contributed by atoms with van der Waals surface area (Å²) in [7, 11) is 0. The van der Waals surface area contributed by atoms with Gasteiger partial charge in [0.05, 0.1) is 17.2 Å². The van der Waals surface area contributed by atoms with Gasteiger partial charge in [0.1, 0.15) is 11.6 Å². The van der Waals surface area contributed by atoms with Gasteiger partial charge < -0.3 is 4.98 Å². The lowest BCUT2D eigenvalue weighted by Crippen LogP contribution is -1.84. The second kappa shape index (κ2) is 4.17. The molecule has 0 unspecified atom stereocenters. The van der Waals surface area contributed by atoms with E-state index in [9.17, 15) is 4.39 Å². The molecule has 1 aromatic carbocycles. The average Bonchev–Trinajstić information content (AvgIpc) is 2.73. The number of hydrogen-bond acceptors (Lipinski definition) is 2. The second-order valence-corrected chi connectivity index (χ2v) is 5.01. The van der Waals surface area contributed by atoms with Crippen molar-refractivity contribution >= 4 is 27.0 Å². The maximum atomic E-state index is 13.1. The van der Waals surface area contributed by atoms with Crippen molar-refractivity contribution in [2.45, 2.75) is 6.92 Å². The molecule has 0 radical (unpaired) electrons. The highest BCUT2D eigenvalue weighted by atomic mass is 79.9. The van der Waals surface area contributed by atoms with Crippen LogP contribution in [0, 0.1) is 12.7 Å². The quantitative estimate of drug-likeness (QED) is 0.742. The van der Waals surface area contributed by atoms with E-state index < -0.39 is 0 Å². The van der Waals surface area contributed by atoms with Crippen LogP contribution in [0.4, 0.5) is 4.39 Å². The van der Waals surface area contributed by atoms with Crippen molar-refractivity contribution in [1.29, 1.82) is 0 Å². The summed E-state index contributed by atoms with van der Waals surface area (Å²) in [5, 5.41) is 0. The molecule has 2 aromatic heterocycles. The molecule has 3 rings (SSSR count). The first-order chi connectivity index (χ1) is 8.63. The van der Waals surface area contributed by atoms with Gasteiger partial charge in [0.25, 0.3) is 0 Å². The zero-order valence-corrected chi connectivity index (χ0v) is 11.1. The fourth-order valence-electron chi connectivity index (χ4n) is 1.92. The van der Waals surface area contributed by atoms with E-state index >= 15 is 0 Å². The van der Waals surface area contributed by atoms with Gasteiger partial charge in [0.2, 0.25) is 0 Å². The minimum absolute atomic E-state index is 0.370. The number of benzene rings is 1. The van der Waals surface area contributed by atoms with Crippen molar-refractivity contribution in [2.75, 3.05) is 0 Å². The number of halogens is 2. The summed E-state index contributed by atoms with van der Waals surface area (Å²) in [5.41, 5.74) is 3.51. The predicted octanol–water partition coefficient (Wildman–Crippen LogP) is 3.83. The Morgan fingerprint density at radius 1 is 1.22 bits per heavy atom. The molecule has 5 heteroatoms. The SMILES string of the molecule is Cc1cc(Br)cc2[nH]c(-c3cncc(F)c3)nc12. The summed E-state index contributed by atoms with van der Waals surface area (Å²) in [5.74, 6) is 0.254. The van der Waals surface area contributed by atoms with Crippen molar-refractivity contribution in [3.05, 3.63) is 46.4 Å². The van der Waals surface area contributed by atoms with E-state index in [1.807, 2.05) is 19.1 Å². The molecule has 0 saturated carbocycles. The van der Waals surface area contributed by atoms with Crippen LogP contribution < -0.4 is 0 Å². The van der Waals surface area contributed by atoms with Crippen LogP contribution in [0.25, 0.3) is 22.4 Å². The number of rotatable bonds is 1. The van der Waals surface area contributed by atoms with E-state index in [2.05, 4.69) is 30.9 Å². The summed E-state index contributed by atoms with van der Waals surface area (Å²) in [6.45, 7) is 1.99. The summed E-state index contributed by atoms with van der Waals surface area (Å²) in [6, 6.07) is 5.36. The lowest BCUT2D eigenvalue weighted by atomic mass is 10.2. The molecule has 0 fully saturated rings. The zero-order valence-electron chi connectivity index (χ0n) is 9.54. The summed E-state index contributed by atoms with van der Waals surface area (Å²) in [6.07, 6.45) is 2.76. The molecule has 0 saturated heterocycles. The number of nitrogens with one attached hydrogen (secondary N) is 1. The number of H-pyrrole nitrogens is 1. The smallest absolute Gasteiger partial charge is 0.142 e. The number of pyridine rings is 1. The van der Waals surface area contributed by atoms with Gasteiger partial charge in [-0.25, -0.2) is 9.37 Å². The van der Waals surface area contributed by atoms with Crippen LogP contribution in [-0.2, 0) is 0 Å². The highest BCUT2D eigenvalue weighted by Gasteiger charge is 2.09. The van der Waals surface area contributed by atoms with E-state index in [0.29, 0.717) is 11.4 Å². The summed E-state index contributed by atoms with van der Waals surface area (Å²) in [4.78, 5) is 11.5. The van der Waals surface area contributed by atoms with Crippen LogP contribution in [0.1, 0.15) is 5.56 Å². The molecule has 0 bridgehead atoms. The second-order valence-electron chi connectivity index (χ2n) is 4.10. The van der Waals surface area contributed by atoms with E-state index in [1.54, 1.807) is 6.20 Å². The van der Waals surface area contributed by atoms with Crippen LogP contribution in [0.3, 0.4) is 0 Å². The molecule has 3 nitrogen and oxygen atoms in total. The highest BCUT2D eigenvalue weighted by Crippen LogP contribution is 2.25. The van der Waals surface area contributed by atoms with E-state index in [-0.39, 0.29) is 5.82 Å². The minimum Gasteiger partial charge on any atom is -0.338 e. The number of imidazole rings is 1. The molecule has 0 atom stereocenters. The molecule has 0 amide bonds. The van der Waals surface area contributed by atoms with E-state index in [0.717, 1.165) is 21.1 Å². The van der Waals surface area contributed by atoms with Crippen molar-refractivity contribution in [2.24, 2.45) is 0 Å². The molecule has 0 aliphatic heterocycles. The highest BCUT2D eigenvalue weighted by molar-refractivity contribution is 9.10. The van der Waals surface area contributed by atoms with Crippen LogP contribution in [0.5, 0.6) is 0 Å². The molecular weight excluding hydrogens is 297 g/mol. The molecule has 1 N–H and O–H groups in total. The topological polar surface area (TPSA) is 41.6 Å². The zero-order chi connectivity index (χ0) is 12.7. The van der Waals surface area contributed by atoms with Gasteiger partial charge in [-0.05, 0) is 30.7 Å². The number of aromatic amines is 1. The van der Waals surface area contributed by atoms with Gasteiger partial charge in [0.15, 0.2) is 0 Å². The van der Waals surface area contributed by atoms with Gasteiger partial charge in [-0.1, -0.05) is 15.9 Å². The van der Waals surface area contributed by atoms with Gasteiger partial charge in [-0.3, -0.25) is 4.98 Å². The van der Waals surface area contributed by atoms with E-state index in [1.165, 1.54) is 12.3 Å². The number of hydrogen-bond donors (Lipinski definition) is 1.